The average Bonchev–Trinajstić information content (AvgIpc) is 3.06. The lowest BCUT2D eigenvalue weighted by Gasteiger charge is -2.21. The molecule has 23 heavy (non-hydrogen) atoms. The molecule has 0 saturated heterocycles. The van der Waals surface area contributed by atoms with Crippen LogP contribution in [0.2, 0.25) is 0 Å². The summed E-state index contributed by atoms with van der Waals surface area (Å²) in [6, 6.07) is 3.76. The van der Waals surface area contributed by atoms with Gasteiger partial charge < -0.3 is 9.47 Å². The molecule has 0 saturated carbocycles. The summed E-state index contributed by atoms with van der Waals surface area (Å²) in [7, 11) is 0. The number of unbranched alkanes of at least 4 members (excludes halogenated alkanes) is 3. The molecule has 0 spiro atoms. The summed E-state index contributed by atoms with van der Waals surface area (Å²) in [6.45, 7) is 3.17. The predicted molar refractivity (Wildman–Crippen MR) is 87.7 cm³/mol. The molecule has 0 N–H and O–H groups in total. The maximum absolute atomic E-state index is 13.8. The van der Waals surface area contributed by atoms with Gasteiger partial charge in [-0.15, -0.1) is 0 Å². The van der Waals surface area contributed by atoms with Crippen LogP contribution in [0.25, 0.3) is 0 Å². The SMILES string of the molecule is CCCCCCOCC(Oc1c(F)cccc1F)C1=CCCC1. The smallest absolute Gasteiger partial charge is 0.191 e. The van der Waals surface area contributed by atoms with Crippen LogP contribution >= 0.6 is 0 Å². The van der Waals surface area contributed by atoms with Crippen molar-refractivity contribution in [3.8, 4) is 5.75 Å². The Bertz CT molecular complexity index is 494. The Morgan fingerprint density at radius 3 is 2.57 bits per heavy atom. The van der Waals surface area contributed by atoms with Crippen molar-refractivity contribution in [2.75, 3.05) is 13.2 Å². The van der Waals surface area contributed by atoms with Gasteiger partial charge in [-0.05, 0) is 43.4 Å². The van der Waals surface area contributed by atoms with Crippen LogP contribution in [0.4, 0.5) is 8.78 Å². The van der Waals surface area contributed by atoms with E-state index in [1.54, 1.807) is 0 Å². The lowest BCUT2D eigenvalue weighted by molar-refractivity contribution is 0.0592. The molecule has 0 amide bonds. The van der Waals surface area contributed by atoms with Crippen LogP contribution in [0.3, 0.4) is 0 Å². The second kappa shape index (κ2) is 9.66. The Morgan fingerprint density at radius 1 is 1.13 bits per heavy atom. The second-order valence-electron chi connectivity index (χ2n) is 5.96. The summed E-state index contributed by atoms with van der Waals surface area (Å²) in [6.07, 6.45) is 9.19. The predicted octanol–water partition coefficient (Wildman–Crippen LogP) is 5.42. The molecular weight excluding hydrogens is 298 g/mol. The van der Waals surface area contributed by atoms with Crippen molar-refractivity contribution in [3.63, 3.8) is 0 Å². The zero-order chi connectivity index (χ0) is 16.5. The van der Waals surface area contributed by atoms with Crippen LogP contribution in [0.1, 0.15) is 51.9 Å². The molecule has 0 aliphatic heterocycles. The molecule has 0 bridgehead atoms. The molecule has 4 heteroatoms. The first-order valence-corrected chi connectivity index (χ1v) is 8.59. The largest absolute Gasteiger partial charge is 0.477 e. The highest BCUT2D eigenvalue weighted by Crippen LogP contribution is 2.28. The molecule has 128 valence electrons. The van der Waals surface area contributed by atoms with Crippen LogP contribution in [0.5, 0.6) is 5.75 Å². The fourth-order valence-corrected chi connectivity index (χ4v) is 2.76. The number of allylic oxidation sites excluding steroid dienone is 1. The van der Waals surface area contributed by atoms with E-state index in [1.807, 2.05) is 0 Å². The van der Waals surface area contributed by atoms with Crippen molar-refractivity contribution >= 4 is 0 Å². The van der Waals surface area contributed by atoms with Crippen molar-refractivity contribution < 1.29 is 18.3 Å². The van der Waals surface area contributed by atoms with Crippen LogP contribution in [-0.2, 0) is 4.74 Å². The maximum atomic E-state index is 13.8. The zero-order valence-corrected chi connectivity index (χ0v) is 13.8. The van der Waals surface area contributed by atoms with E-state index in [0.29, 0.717) is 13.2 Å². The van der Waals surface area contributed by atoms with Crippen LogP contribution < -0.4 is 4.74 Å². The summed E-state index contributed by atoms with van der Waals surface area (Å²) in [5, 5.41) is 0. The lowest BCUT2D eigenvalue weighted by atomic mass is 10.1. The minimum atomic E-state index is -0.670. The van der Waals surface area contributed by atoms with E-state index < -0.39 is 17.7 Å². The van der Waals surface area contributed by atoms with Crippen LogP contribution in [0.15, 0.2) is 29.8 Å². The topological polar surface area (TPSA) is 18.5 Å². The average molecular weight is 324 g/mol. The van der Waals surface area contributed by atoms with Crippen molar-refractivity contribution in [3.05, 3.63) is 41.5 Å². The Kier molecular flexibility index (Phi) is 7.53. The van der Waals surface area contributed by atoms with Gasteiger partial charge in [0.05, 0.1) is 6.61 Å². The molecule has 2 rings (SSSR count). The molecule has 1 unspecified atom stereocenters. The first-order chi connectivity index (χ1) is 11.2. The number of halogens is 2. The fraction of sp³-hybridized carbons (Fsp3) is 0.579. The third kappa shape index (κ3) is 5.61. The fourth-order valence-electron chi connectivity index (χ4n) is 2.76. The third-order valence-electron chi connectivity index (χ3n) is 4.08. The number of ether oxygens (including phenoxy) is 2. The molecule has 2 nitrogen and oxygen atoms in total. The molecule has 0 heterocycles. The quantitative estimate of drug-likeness (QED) is 0.422. The zero-order valence-electron chi connectivity index (χ0n) is 13.8. The highest BCUT2D eigenvalue weighted by molar-refractivity contribution is 5.28. The molecule has 1 atom stereocenters. The van der Waals surface area contributed by atoms with E-state index in [0.717, 1.165) is 37.7 Å². The third-order valence-corrected chi connectivity index (χ3v) is 4.08. The minimum absolute atomic E-state index is 0.306. The van der Waals surface area contributed by atoms with E-state index >= 15 is 0 Å². The van der Waals surface area contributed by atoms with Crippen LogP contribution in [0, 0.1) is 11.6 Å². The van der Waals surface area contributed by atoms with Crippen LogP contribution in [-0.4, -0.2) is 19.3 Å². The number of para-hydroxylation sites is 1. The second-order valence-corrected chi connectivity index (χ2v) is 5.96. The standard InChI is InChI=1S/C19H26F2O2/c1-2-3-4-7-13-22-14-18(15-9-5-6-10-15)23-19-16(20)11-8-12-17(19)21/h8-9,11-12,18H,2-7,10,13-14H2,1H3. The highest BCUT2D eigenvalue weighted by Gasteiger charge is 2.22. The van der Waals surface area contributed by atoms with Gasteiger partial charge in [-0.2, -0.15) is 0 Å². The van der Waals surface area contributed by atoms with E-state index in [4.69, 9.17) is 9.47 Å². The molecule has 1 aliphatic carbocycles. The van der Waals surface area contributed by atoms with Crippen molar-refractivity contribution in [1.82, 2.24) is 0 Å². The number of rotatable bonds is 10. The van der Waals surface area contributed by atoms with Gasteiger partial charge in [0.1, 0.15) is 6.10 Å². The van der Waals surface area contributed by atoms with Gasteiger partial charge in [-0.3, -0.25) is 0 Å². The minimum Gasteiger partial charge on any atom is -0.477 e. The molecule has 0 radical (unpaired) electrons. The number of benzene rings is 1. The monoisotopic (exact) mass is 324 g/mol. The van der Waals surface area contributed by atoms with E-state index in [1.165, 1.54) is 31.0 Å². The summed E-state index contributed by atoms with van der Waals surface area (Å²) in [5.41, 5.74) is 1.08. The van der Waals surface area contributed by atoms with E-state index in [9.17, 15) is 8.78 Å². The van der Waals surface area contributed by atoms with Crippen molar-refractivity contribution in [1.29, 1.82) is 0 Å². The molecule has 0 fully saturated rings. The number of hydrogen-bond donors (Lipinski definition) is 0. The molecular formula is C19H26F2O2. The van der Waals surface area contributed by atoms with Gasteiger partial charge in [-0.1, -0.05) is 38.3 Å². The molecule has 1 aromatic rings. The number of hydrogen-bond acceptors (Lipinski definition) is 2. The normalized spacial score (nSPS) is 15.5. The van der Waals surface area contributed by atoms with Gasteiger partial charge in [0.25, 0.3) is 0 Å². The van der Waals surface area contributed by atoms with Gasteiger partial charge in [0.15, 0.2) is 17.4 Å². The summed E-state index contributed by atoms with van der Waals surface area (Å²) >= 11 is 0. The maximum Gasteiger partial charge on any atom is 0.191 e. The first-order valence-electron chi connectivity index (χ1n) is 8.59. The van der Waals surface area contributed by atoms with Gasteiger partial charge in [0.2, 0.25) is 0 Å². The van der Waals surface area contributed by atoms with Gasteiger partial charge in [-0.25, -0.2) is 8.78 Å². The Hall–Kier alpha value is -1.42. The summed E-state index contributed by atoms with van der Waals surface area (Å²) in [4.78, 5) is 0. The Labute approximate surface area is 137 Å². The molecule has 1 aliphatic rings. The summed E-state index contributed by atoms with van der Waals surface area (Å²) in [5.74, 6) is -1.65. The van der Waals surface area contributed by atoms with Crippen molar-refractivity contribution in [2.45, 2.75) is 58.0 Å². The van der Waals surface area contributed by atoms with Gasteiger partial charge in [0, 0.05) is 6.61 Å². The Balaban J connectivity index is 1.92. The van der Waals surface area contributed by atoms with Crippen molar-refractivity contribution in [2.24, 2.45) is 0 Å². The van der Waals surface area contributed by atoms with Gasteiger partial charge >= 0.3 is 0 Å². The Morgan fingerprint density at radius 2 is 1.91 bits per heavy atom. The van der Waals surface area contributed by atoms with E-state index in [-0.39, 0.29) is 5.75 Å². The first kappa shape index (κ1) is 17.9. The molecule has 1 aromatic carbocycles. The summed E-state index contributed by atoms with van der Waals surface area (Å²) < 4.78 is 38.9. The molecule has 0 aromatic heterocycles. The lowest BCUT2D eigenvalue weighted by Crippen LogP contribution is -2.26. The highest BCUT2D eigenvalue weighted by atomic mass is 19.1. The van der Waals surface area contributed by atoms with E-state index in [2.05, 4.69) is 13.0 Å².